The lowest BCUT2D eigenvalue weighted by Gasteiger charge is -2.14. The van der Waals surface area contributed by atoms with Gasteiger partial charge in [0, 0.05) is 0 Å². The summed E-state index contributed by atoms with van der Waals surface area (Å²) in [6.07, 6.45) is -4.37. The van der Waals surface area contributed by atoms with Crippen LogP contribution in [-0.2, 0) is 12.4 Å². The van der Waals surface area contributed by atoms with Gasteiger partial charge in [-0.3, -0.25) is 0 Å². The minimum atomic E-state index is -4.53. The van der Waals surface area contributed by atoms with Crippen LogP contribution in [0.3, 0.4) is 0 Å². The SMILES string of the molecule is C/C=C/C=C(c1cccc(C(F)(F)F)c1)c1cccc(C(F)(F)F)c1. The normalized spacial score (nSPS) is 12.4. The Morgan fingerprint density at radius 2 is 1.20 bits per heavy atom. The Labute approximate surface area is 141 Å². The van der Waals surface area contributed by atoms with Gasteiger partial charge in [-0.25, -0.2) is 0 Å². The molecular weight excluding hydrogens is 342 g/mol. The smallest absolute Gasteiger partial charge is 0.166 e. The Morgan fingerprint density at radius 3 is 1.56 bits per heavy atom. The van der Waals surface area contributed by atoms with Crippen LogP contribution in [0.4, 0.5) is 26.3 Å². The number of alkyl halides is 6. The summed E-state index contributed by atoms with van der Waals surface area (Å²) in [6, 6.07) is 9.03. The first-order valence-electron chi connectivity index (χ1n) is 7.31. The maximum absolute atomic E-state index is 12.9. The highest BCUT2D eigenvalue weighted by Crippen LogP contribution is 2.35. The molecule has 0 aliphatic carbocycles. The molecule has 0 bridgehead atoms. The number of halogens is 6. The summed E-state index contributed by atoms with van der Waals surface area (Å²) in [5.41, 5.74) is -1.07. The third-order valence-electron chi connectivity index (χ3n) is 3.46. The van der Waals surface area contributed by atoms with Crippen molar-refractivity contribution in [3.05, 3.63) is 89.0 Å². The van der Waals surface area contributed by atoms with Gasteiger partial charge in [0.1, 0.15) is 0 Å². The fourth-order valence-electron chi connectivity index (χ4n) is 2.28. The highest BCUT2D eigenvalue weighted by Gasteiger charge is 2.32. The van der Waals surface area contributed by atoms with E-state index in [9.17, 15) is 26.3 Å². The lowest BCUT2D eigenvalue weighted by Crippen LogP contribution is -2.06. The van der Waals surface area contributed by atoms with Gasteiger partial charge in [0.05, 0.1) is 11.1 Å². The predicted octanol–water partition coefficient (Wildman–Crippen LogP) is 6.73. The largest absolute Gasteiger partial charge is 0.416 e. The molecule has 0 fully saturated rings. The molecule has 6 heteroatoms. The fraction of sp³-hybridized carbons (Fsp3) is 0.158. The highest BCUT2D eigenvalue weighted by atomic mass is 19.4. The zero-order valence-corrected chi connectivity index (χ0v) is 13.1. The Kier molecular flexibility index (Phi) is 5.40. The summed E-state index contributed by atoms with van der Waals surface area (Å²) in [5.74, 6) is 0. The third kappa shape index (κ3) is 4.75. The van der Waals surface area contributed by atoms with Crippen LogP contribution in [0, 0.1) is 0 Å². The second kappa shape index (κ2) is 7.17. The van der Waals surface area contributed by atoms with Crippen molar-refractivity contribution in [2.45, 2.75) is 19.3 Å². The molecule has 0 spiro atoms. The van der Waals surface area contributed by atoms with E-state index in [0.29, 0.717) is 0 Å². The molecule has 0 nitrogen and oxygen atoms in total. The summed E-state index contributed by atoms with van der Waals surface area (Å²) in [7, 11) is 0. The second-order valence-electron chi connectivity index (χ2n) is 5.26. The summed E-state index contributed by atoms with van der Waals surface area (Å²) in [4.78, 5) is 0. The third-order valence-corrected chi connectivity index (χ3v) is 3.46. The topological polar surface area (TPSA) is 0 Å². The number of hydrogen-bond donors (Lipinski definition) is 0. The van der Waals surface area contributed by atoms with Crippen LogP contribution in [0.2, 0.25) is 0 Å². The molecule has 0 saturated heterocycles. The molecule has 2 rings (SSSR count). The minimum absolute atomic E-state index is 0.187. The molecule has 132 valence electrons. The number of rotatable bonds is 3. The monoisotopic (exact) mass is 356 g/mol. The Morgan fingerprint density at radius 1 is 0.760 bits per heavy atom. The summed E-state index contributed by atoms with van der Waals surface area (Å²) < 4.78 is 77.5. The quantitative estimate of drug-likeness (QED) is 0.422. The van der Waals surface area contributed by atoms with Gasteiger partial charge in [0.25, 0.3) is 0 Å². The van der Waals surface area contributed by atoms with Crippen molar-refractivity contribution in [1.82, 2.24) is 0 Å². The first-order valence-corrected chi connectivity index (χ1v) is 7.31. The zero-order chi connectivity index (χ0) is 18.7. The maximum Gasteiger partial charge on any atom is 0.416 e. The number of benzene rings is 2. The van der Waals surface area contributed by atoms with Crippen LogP contribution in [0.1, 0.15) is 29.2 Å². The van der Waals surface area contributed by atoms with Crippen molar-refractivity contribution in [2.75, 3.05) is 0 Å². The van der Waals surface area contributed by atoms with E-state index in [-0.39, 0.29) is 16.7 Å². The van der Waals surface area contributed by atoms with E-state index in [1.165, 1.54) is 30.3 Å². The van der Waals surface area contributed by atoms with E-state index >= 15 is 0 Å². The average Bonchev–Trinajstić information content (AvgIpc) is 2.54. The molecule has 0 aliphatic heterocycles. The van der Waals surface area contributed by atoms with Crippen LogP contribution in [0.25, 0.3) is 5.57 Å². The molecule has 0 heterocycles. The van der Waals surface area contributed by atoms with Gasteiger partial charge in [0.15, 0.2) is 0 Å². The van der Waals surface area contributed by atoms with Gasteiger partial charge in [-0.15, -0.1) is 0 Å². The van der Waals surface area contributed by atoms with Gasteiger partial charge >= 0.3 is 12.4 Å². The first kappa shape index (κ1) is 18.8. The van der Waals surface area contributed by atoms with Crippen molar-refractivity contribution in [3.63, 3.8) is 0 Å². The molecule has 0 unspecified atom stereocenters. The van der Waals surface area contributed by atoms with Crippen LogP contribution < -0.4 is 0 Å². The first-order chi connectivity index (χ1) is 11.6. The van der Waals surface area contributed by atoms with E-state index < -0.39 is 23.5 Å². The summed E-state index contributed by atoms with van der Waals surface area (Å²) in [6.45, 7) is 1.70. The van der Waals surface area contributed by atoms with Crippen molar-refractivity contribution >= 4 is 5.57 Å². The molecule has 0 aliphatic rings. The number of allylic oxidation sites excluding steroid dienone is 3. The van der Waals surface area contributed by atoms with Crippen LogP contribution in [-0.4, -0.2) is 0 Å². The molecule has 2 aromatic rings. The lowest BCUT2D eigenvalue weighted by atomic mass is 9.94. The second-order valence-corrected chi connectivity index (χ2v) is 5.26. The highest BCUT2D eigenvalue weighted by molar-refractivity contribution is 5.81. The van der Waals surface area contributed by atoms with Gasteiger partial charge < -0.3 is 0 Å². The zero-order valence-electron chi connectivity index (χ0n) is 13.1. The van der Waals surface area contributed by atoms with Gasteiger partial charge in [0.2, 0.25) is 0 Å². The maximum atomic E-state index is 12.9. The molecule has 0 atom stereocenters. The standard InChI is InChI=1S/C19H14F6/c1-2-3-10-17(13-6-4-8-15(11-13)18(20,21)22)14-7-5-9-16(12-14)19(23,24)25/h2-12H,1H3/b3-2+. The molecule has 0 radical (unpaired) electrons. The molecular formula is C19H14F6. The molecule has 25 heavy (non-hydrogen) atoms. The van der Waals surface area contributed by atoms with Crippen LogP contribution in [0.5, 0.6) is 0 Å². The average molecular weight is 356 g/mol. The van der Waals surface area contributed by atoms with E-state index in [4.69, 9.17) is 0 Å². The van der Waals surface area contributed by atoms with Crippen molar-refractivity contribution < 1.29 is 26.3 Å². The Bertz CT molecular complexity index is 735. The van der Waals surface area contributed by atoms with Gasteiger partial charge in [-0.1, -0.05) is 42.5 Å². The summed E-state index contributed by atoms with van der Waals surface area (Å²) in [5, 5.41) is 0. The van der Waals surface area contributed by atoms with E-state index in [1.54, 1.807) is 19.1 Å². The molecule has 0 amide bonds. The van der Waals surface area contributed by atoms with Crippen molar-refractivity contribution in [3.8, 4) is 0 Å². The minimum Gasteiger partial charge on any atom is -0.166 e. The van der Waals surface area contributed by atoms with E-state index in [0.717, 1.165) is 24.3 Å². The van der Waals surface area contributed by atoms with Crippen molar-refractivity contribution in [1.29, 1.82) is 0 Å². The van der Waals surface area contributed by atoms with Gasteiger partial charge in [-0.2, -0.15) is 26.3 Å². The number of hydrogen-bond acceptors (Lipinski definition) is 0. The van der Waals surface area contributed by atoms with Crippen LogP contribution >= 0.6 is 0 Å². The Balaban J connectivity index is 2.60. The van der Waals surface area contributed by atoms with Gasteiger partial charge in [-0.05, 0) is 47.9 Å². The molecule has 0 aromatic heterocycles. The van der Waals surface area contributed by atoms with Crippen LogP contribution in [0.15, 0.2) is 66.8 Å². The van der Waals surface area contributed by atoms with Crippen molar-refractivity contribution in [2.24, 2.45) is 0 Å². The van der Waals surface area contributed by atoms with E-state index in [2.05, 4.69) is 0 Å². The fourth-order valence-corrected chi connectivity index (χ4v) is 2.28. The summed E-state index contributed by atoms with van der Waals surface area (Å²) >= 11 is 0. The predicted molar refractivity (Wildman–Crippen MR) is 84.8 cm³/mol. The lowest BCUT2D eigenvalue weighted by molar-refractivity contribution is -0.138. The molecule has 0 N–H and O–H groups in total. The molecule has 2 aromatic carbocycles. The van der Waals surface area contributed by atoms with E-state index in [1.807, 2.05) is 0 Å². The molecule has 0 saturated carbocycles. The Hall–Kier alpha value is -2.50.